The van der Waals surface area contributed by atoms with Crippen molar-refractivity contribution in [2.75, 3.05) is 0 Å². The first-order valence-corrected chi connectivity index (χ1v) is 5.78. The molecule has 0 aliphatic heterocycles. The van der Waals surface area contributed by atoms with E-state index in [9.17, 15) is 0 Å². The number of rotatable bonds is 0. The van der Waals surface area contributed by atoms with Gasteiger partial charge in [0.25, 0.3) is 0 Å². The third kappa shape index (κ3) is 1.22. The fourth-order valence-electron chi connectivity index (χ4n) is 2.65. The van der Waals surface area contributed by atoms with E-state index in [1.807, 2.05) is 0 Å². The molecule has 0 spiro atoms. The van der Waals surface area contributed by atoms with Crippen LogP contribution >= 0.6 is 0 Å². The second-order valence-electron chi connectivity index (χ2n) is 5.75. The standard InChI is InChI=1S/C16H20/c1-11-12(2)16(5,6)14-10-8-7-9-13(14)15(11,3)4/h7-10H,1-2H2,3-6H3. The van der Waals surface area contributed by atoms with Crippen LogP contribution in [0, 0.1) is 0 Å². The summed E-state index contributed by atoms with van der Waals surface area (Å²) in [7, 11) is 0. The first-order valence-electron chi connectivity index (χ1n) is 5.78. The lowest BCUT2D eigenvalue weighted by atomic mass is 9.59. The maximum Gasteiger partial charge on any atom is 0.0146 e. The van der Waals surface area contributed by atoms with Crippen LogP contribution < -0.4 is 0 Å². The molecule has 0 heteroatoms. The van der Waals surface area contributed by atoms with Crippen molar-refractivity contribution in [1.29, 1.82) is 0 Å². The van der Waals surface area contributed by atoms with Gasteiger partial charge in [-0.2, -0.15) is 0 Å². The van der Waals surface area contributed by atoms with E-state index in [4.69, 9.17) is 0 Å². The summed E-state index contributed by atoms with van der Waals surface area (Å²) < 4.78 is 0. The summed E-state index contributed by atoms with van der Waals surface area (Å²) in [6.45, 7) is 17.4. The molecule has 0 N–H and O–H groups in total. The van der Waals surface area contributed by atoms with Gasteiger partial charge in [-0.1, -0.05) is 65.1 Å². The number of hydrogen-bond acceptors (Lipinski definition) is 0. The van der Waals surface area contributed by atoms with Gasteiger partial charge in [0.1, 0.15) is 0 Å². The van der Waals surface area contributed by atoms with E-state index in [0.29, 0.717) is 0 Å². The first-order chi connectivity index (χ1) is 7.29. The molecule has 2 rings (SSSR count). The molecule has 0 saturated heterocycles. The van der Waals surface area contributed by atoms with Gasteiger partial charge in [0, 0.05) is 10.8 Å². The number of benzene rings is 1. The summed E-state index contributed by atoms with van der Waals surface area (Å²) in [6, 6.07) is 8.65. The van der Waals surface area contributed by atoms with Crippen LogP contribution in [0.4, 0.5) is 0 Å². The maximum absolute atomic E-state index is 4.24. The highest BCUT2D eigenvalue weighted by molar-refractivity contribution is 5.59. The third-order valence-corrected chi connectivity index (χ3v) is 4.15. The van der Waals surface area contributed by atoms with Gasteiger partial charge in [0.05, 0.1) is 0 Å². The van der Waals surface area contributed by atoms with E-state index >= 15 is 0 Å². The zero-order valence-electron chi connectivity index (χ0n) is 10.7. The van der Waals surface area contributed by atoms with Gasteiger partial charge in [0.2, 0.25) is 0 Å². The fourth-order valence-corrected chi connectivity index (χ4v) is 2.65. The zero-order valence-corrected chi connectivity index (χ0v) is 10.7. The van der Waals surface area contributed by atoms with E-state index in [1.54, 1.807) is 0 Å². The van der Waals surface area contributed by atoms with E-state index in [0.717, 1.165) is 11.1 Å². The van der Waals surface area contributed by atoms with Gasteiger partial charge >= 0.3 is 0 Å². The maximum atomic E-state index is 4.24. The summed E-state index contributed by atoms with van der Waals surface area (Å²) in [5.74, 6) is 0. The molecule has 0 nitrogen and oxygen atoms in total. The molecule has 1 aromatic carbocycles. The Labute approximate surface area is 98.7 Å². The third-order valence-electron chi connectivity index (χ3n) is 4.15. The van der Waals surface area contributed by atoms with Crippen molar-refractivity contribution in [2.24, 2.45) is 0 Å². The lowest BCUT2D eigenvalue weighted by molar-refractivity contribution is 0.510. The second kappa shape index (κ2) is 3.10. The fraction of sp³-hybridized carbons (Fsp3) is 0.375. The van der Waals surface area contributed by atoms with Gasteiger partial charge < -0.3 is 0 Å². The Balaban J connectivity index is 2.80. The average Bonchev–Trinajstić information content (AvgIpc) is 2.25. The minimum Gasteiger partial charge on any atom is -0.0947 e. The number of allylic oxidation sites excluding steroid dienone is 2. The van der Waals surface area contributed by atoms with Crippen LogP contribution in [0.1, 0.15) is 38.8 Å². The van der Waals surface area contributed by atoms with Crippen molar-refractivity contribution in [3.8, 4) is 0 Å². The molecular formula is C16H20. The molecule has 0 aromatic heterocycles. The molecule has 1 aliphatic carbocycles. The highest BCUT2D eigenvalue weighted by Crippen LogP contribution is 2.50. The van der Waals surface area contributed by atoms with Crippen molar-refractivity contribution in [3.63, 3.8) is 0 Å². The highest BCUT2D eigenvalue weighted by Gasteiger charge is 2.41. The first kappa shape index (κ1) is 11.2. The predicted octanol–water partition coefficient (Wildman–Crippen LogP) is 4.37. The monoisotopic (exact) mass is 212 g/mol. The van der Waals surface area contributed by atoms with Gasteiger partial charge in [-0.3, -0.25) is 0 Å². The quantitative estimate of drug-likeness (QED) is 0.599. The summed E-state index contributed by atoms with van der Waals surface area (Å²) in [6.07, 6.45) is 0. The lowest BCUT2D eigenvalue weighted by Gasteiger charge is -2.45. The van der Waals surface area contributed by atoms with Gasteiger partial charge in [-0.05, 0) is 22.3 Å². The van der Waals surface area contributed by atoms with Crippen LogP contribution in [0.5, 0.6) is 0 Å². The number of hydrogen-bond donors (Lipinski definition) is 0. The Hall–Kier alpha value is -1.30. The normalized spacial score (nSPS) is 21.8. The molecule has 1 aromatic rings. The number of fused-ring (bicyclic) bond motifs is 1. The SMILES string of the molecule is C=C1C(=C)C(C)(C)c2ccccc2C1(C)C. The van der Waals surface area contributed by atoms with Crippen LogP contribution in [0.2, 0.25) is 0 Å². The Morgan fingerprint density at radius 2 is 1.06 bits per heavy atom. The molecule has 84 valence electrons. The Kier molecular flexibility index (Phi) is 2.17. The Morgan fingerprint density at radius 3 is 1.38 bits per heavy atom. The highest BCUT2D eigenvalue weighted by atomic mass is 14.4. The van der Waals surface area contributed by atoms with Gasteiger partial charge in [-0.25, -0.2) is 0 Å². The molecule has 0 bridgehead atoms. The lowest BCUT2D eigenvalue weighted by Crippen LogP contribution is -2.37. The molecule has 16 heavy (non-hydrogen) atoms. The van der Waals surface area contributed by atoms with E-state index in [-0.39, 0.29) is 10.8 Å². The minimum absolute atomic E-state index is 0.00317. The van der Waals surface area contributed by atoms with Gasteiger partial charge in [-0.15, -0.1) is 0 Å². The van der Waals surface area contributed by atoms with E-state index < -0.39 is 0 Å². The molecule has 0 heterocycles. The van der Waals surface area contributed by atoms with Crippen LogP contribution in [0.25, 0.3) is 0 Å². The predicted molar refractivity (Wildman–Crippen MR) is 70.8 cm³/mol. The summed E-state index contributed by atoms with van der Waals surface area (Å²) in [5.41, 5.74) is 5.11. The molecule has 0 unspecified atom stereocenters. The largest absolute Gasteiger partial charge is 0.0947 e. The van der Waals surface area contributed by atoms with Crippen molar-refractivity contribution >= 4 is 0 Å². The smallest absolute Gasteiger partial charge is 0.0146 e. The molecule has 0 fully saturated rings. The van der Waals surface area contributed by atoms with Crippen LogP contribution in [0.3, 0.4) is 0 Å². The second-order valence-corrected chi connectivity index (χ2v) is 5.75. The molecule has 1 aliphatic rings. The van der Waals surface area contributed by atoms with Crippen molar-refractivity contribution in [2.45, 2.75) is 38.5 Å². The average molecular weight is 212 g/mol. The zero-order chi connectivity index (χ0) is 12.1. The molecule has 0 amide bonds. The van der Waals surface area contributed by atoms with Crippen molar-refractivity contribution in [3.05, 3.63) is 59.7 Å². The topological polar surface area (TPSA) is 0 Å². The Bertz CT molecular complexity index is 428. The van der Waals surface area contributed by atoms with Gasteiger partial charge in [0.15, 0.2) is 0 Å². The molecule has 0 atom stereocenters. The van der Waals surface area contributed by atoms with Crippen LogP contribution in [-0.4, -0.2) is 0 Å². The Morgan fingerprint density at radius 1 is 0.750 bits per heavy atom. The van der Waals surface area contributed by atoms with Crippen molar-refractivity contribution in [1.82, 2.24) is 0 Å². The van der Waals surface area contributed by atoms with Crippen LogP contribution in [0.15, 0.2) is 48.6 Å². The molecular weight excluding hydrogens is 192 g/mol. The van der Waals surface area contributed by atoms with E-state index in [1.165, 1.54) is 11.1 Å². The summed E-state index contributed by atoms with van der Waals surface area (Å²) in [5, 5.41) is 0. The van der Waals surface area contributed by atoms with E-state index in [2.05, 4.69) is 65.1 Å². The van der Waals surface area contributed by atoms with Crippen molar-refractivity contribution < 1.29 is 0 Å². The minimum atomic E-state index is 0.00317. The molecule has 0 radical (unpaired) electrons. The van der Waals surface area contributed by atoms with Crippen LogP contribution in [-0.2, 0) is 10.8 Å². The molecule has 0 saturated carbocycles. The summed E-state index contributed by atoms with van der Waals surface area (Å²) >= 11 is 0. The summed E-state index contributed by atoms with van der Waals surface area (Å²) in [4.78, 5) is 0.